The Balaban J connectivity index is 2.77. The zero-order chi connectivity index (χ0) is 11.3. The molecule has 6 nitrogen and oxygen atoms in total. The van der Waals surface area contributed by atoms with Gasteiger partial charge in [-0.3, -0.25) is 14.9 Å². The first-order chi connectivity index (χ1) is 7.13. The van der Waals surface area contributed by atoms with Crippen LogP contribution in [0.2, 0.25) is 0 Å². The van der Waals surface area contributed by atoms with Crippen molar-refractivity contribution in [3.8, 4) is 0 Å². The van der Waals surface area contributed by atoms with Crippen LogP contribution in [0.4, 0.5) is 11.4 Å². The summed E-state index contributed by atoms with van der Waals surface area (Å²) in [6.07, 6.45) is 0.204. The largest absolute Gasteiger partial charge is 0.325 e. The number of hydrogen-bond donors (Lipinski definition) is 1. The summed E-state index contributed by atoms with van der Waals surface area (Å²) in [6.45, 7) is 0. The quantitative estimate of drug-likeness (QED) is 0.347. The maximum atomic E-state index is 11.0. The van der Waals surface area contributed by atoms with E-state index in [4.69, 9.17) is 0 Å². The van der Waals surface area contributed by atoms with Crippen molar-refractivity contribution in [3.05, 3.63) is 34.4 Å². The van der Waals surface area contributed by atoms with E-state index in [-0.39, 0.29) is 12.1 Å². The van der Waals surface area contributed by atoms with Gasteiger partial charge in [-0.15, -0.1) is 0 Å². The molecule has 0 aliphatic rings. The molecule has 0 fully saturated rings. The fourth-order valence-electron chi connectivity index (χ4n) is 0.985. The first-order valence-electron chi connectivity index (χ1n) is 4.11. The van der Waals surface area contributed by atoms with Crippen LogP contribution in [0.25, 0.3) is 0 Å². The summed E-state index contributed by atoms with van der Waals surface area (Å²) in [6, 6.07) is 5.50. The number of non-ortho nitro benzene ring substituents is 1. The highest BCUT2D eigenvalue weighted by Crippen LogP contribution is 2.16. The van der Waals surface area contributed by atoms with E-state index in [1.807, 2.05) is 0 Å². The Kier molecular flexibility index (Phi) is 3.50. The van der Waals surface area contributed by atoms with Gasteiger partial charge in [0.2, 0.25) is 5.91 Å². The Morgan fingerprint density at radius 3 is 2.87 bits per heavy atom. The molecule has 15 heavy (non-hydrogen) atoms. The van der Waals surface area contributed by atoms with E-state index in [2.05, 4.69) is 5.32 Å². The van der Waals surface area contributed by atoms with E-state index in [0.717, 1.165) is 0 Å². The molecule has 0 aromatic heterocycles. The zero-order valence-electron chi connectivity index (χ0n) is 7.67. The minimum Gasteiger partial charge on any atom is -0.325 e. The molecule has 0 heterocycles. The Labute approximate surface area is 85.1 Å². The van der Waals surface area contributed by atoms with Crippen LogP contribution in [-0.2, 0) is 9.59 Å². The first-order valence-corrected chi connectivity index (χ1v) is 4.11. The number of anilines is 1. The predicted octanol–water partition coefficient (Wildman–Crippen LogP) is 1.12. The summed E-state index contributed by atoms with van der Waals surface area (Å²) >= 11 is 0. The molecule has 1 aromatic carbocycles. The van der Waals surface area contributed by atoms with Crippen LogP contribution >= 0.6 is 0 Å². The normalized spacial score (nSPS) is 9.33. The highest BCUT2D eigenvalue weighted by atomic mass is 16.6. The number of hydrogen-bond acceptors (Lipinski definition) is 4. The molecule has 0 aliphatic heterocycles. The summed E-state index contributed by atoms with van der Waals surface area (Å²) in [5.74, 6) is -0.495. The number of nitro groups is 1. The van der Waals surface area contributed by atoms with Gasteiger partial charge in [0.15, 0.2) is 0 Å². The summed E-state index contributed by atoms with van der Waals surface area (Å²) in [7, 11) is 0. The van der Waals surface area contributed by atoms with E-state index in [1.165, 1.54) is 24.3 Å². The van der Waals surface area contributed by atoms with Crippen LogP contribution in [0.1, 0.15) is 6.42 Å². The molecule has 0 bridgehead atoms. The number of carbonyl (C=O) groups excluding carboxylic acids is 2. The smallest absolute Gasteiger partial charge is 0.271 e. The third kappa shape index (κ3) is 3.18. The standard InChI is InChI=1S/C9H8N2O4/c12-5-4-9(13)10-7-2-1-3-8(6-7)11(14)15/h1-3,5-6H,4H2,(H,10,13). The van der Waals surface area contributed by atoms with Crippen molar-refractivity contribution < 1.29 is 14.5 Å². The highest BCUT2D eigenvalue weighted by molar-refractivity contribution is 5.98. The summed E-state index contributed by atoms with van der Waals surface area (Å²) in [4.78, 5) is 30.8. The average molecular weight is 208 g/mol. The Bertz CT molecular complexity index is 403. The van der Waals surface area contributed by atoms with E-state index in [9.17, 15) is 19.7 Å². The van der Waals surface area contributed by atoms with E-state index in [1.54, 1.807) is 0 Å². The molecule has 6 heteroatoms. The molecule has 0 unspecified atom stereocenters. The molecule has 0 saturated heterocycles. The van der Waals surface area contributed by atoms with Crippen LogP contribution in [-0.4, -0.2) is 17.1 Å². The molecular weight excluding hydrogens is 200 g/mol. The number of benzene rings is 1. The molecule has 1 aromatic rings. The molecule has 0 atom stereocenters. The minimum atomic E-state index is -0.560. The van der Waals surface area contributed by atoms with Gasteiger partial charge < -0.3 is 10.1 Å². The average Bonchev–Trinajstić information content (AvgIpc) is 2.18. The molecule has 78 valence electrons. The van der Waals surface area contributed by atoms with E-state index < -0.39 is 10.8 Å². The summed E-state index contributed by atoms with van der Waals surface area (Å²) < 4.78 is 0. The lowest BCUT2D eigenvalue weighted by atomic mass is 10.2. The lowest BCUT2D eigenvalue weighted by Crippen LogP contribution is -2.11. The second-order valence-corrected chi connectivity index (χ2v) is 2.73. The van der Waals surface area contributed by atoms with Gasteiger partial charge in [-0.05, 0) is 6.07 Å². The maximum Gasteiger partial charge on any atom is 0.271 e. The predicted molar refractivity (Wildman–Crippen MR) is 52.4 cm³/mol. The molecule has 1 N–H and O–H groups in total. The molecule has 0 saturated carbocycles. The van der Waals surface area contributed by atoms with Gasteiger partial charge in [-0.25, -0.2) is 0 Å². The van der Waals surface area contributed by atoms with Crippen LogP contribution in [0.5, 0.6) is 0 Å². The Morgan fingerprint density at radius 2 is 2.27 bits per heavy atom. The van der Waals surface area contributed by atoms with E-state index >= 15 is 0 Å². The van der Waals surface area contributed by atoms with Gasteiger partial charge in [0.05, 0.1) is 11.3 Å². The molecule has 0 spiro atoms. The first kappa shape index (κ1) is 10.8. The topological polar surface area (TPSA) is 89.3 Å². The molecular formula is C9H8N2O4. The van der Waals surface area contributed by atoms with Crippen molar-refractivity contribution in [2.24, 2.45) is 0 Å². The molecule has 1 amide bonds. The second kappa shape index (κ2) is 4.85. The number of carbonyl (C=O) groups is 2. The SMILES string of the molecule is O=CCC(=O)Nc1cccc([N+](=O)[O-])c1. The second-order valence-electron chi connectivity index (χ2n) is 2.73. The van der Waals surface area contributed by atoms with Gasteiger partial charge in [0, 0.05) is 17.8 Å². The van der Waals surface area contributed by atoms with Crippen molar-refractivity contribution in [1.29, 1.82) is 0 Å². The molecule has 0 radical (unpaired) electrons. The number of amides is 1. The lowest BCUT2D eigenvalue weighted by molar-refractivity contribution is -0.384. The number of nitro benzene ring substituents is 1. The summed E-state index contributed by atoms with van der Waals surface area (Å²) in [5, 5.41) is 12.8. The van der Waals surface area contributed by atoms with Gasteiger partial charge in [0.25, 0.3) is 5.69 Å². The highest BCUT2D eigenvalue weighted by Gasteiger charge is 2.07. The monoisotopic (exact) mass is 208 g/mol. The van der Waals surface area contributed by atoms with Gasteiger partial charge in [-0.2, -0.15) is 0 Å². The number of aldehydes is 1. The molecule has 0 aliphatic carbocycles. The fraction of sp³-hybridized carbons (Fsp3) is 0.111. The Hall–Kier alpha value is -2.24. The van der Waals surface area contributed by atoms with Crippen LogP contribution in [0, 0.1) is 10.1 Å². The summed E-state index contributed by atoms with van der Waals surface area (Å²) in [5.41, 5.74) is 0.190. The number of nitrogens with one attached hydrogen (secondary N) is 1. The van der Waals surface area contributed by atoms with Crippen molar-refractivity contribution in [1.82, 2.24) is 0 Å². The van der Waals surface area contributed by atoms with Crippen molar-refractivity contribution in [3.63, 3.8) is 0 Å². The van der Waals surface area contributed by atoms with Crippen molar-refractivity contribution in [2.45, 2.75) is 6.42 Å². The Morgan fingerprint density at radius 1 is 1.53 bits per heavy atom. The van der Waals surface area contributed by atoms with Crippen molar-refractivity contribution in [2.75, 3.05) is 5.32 Å². The maximum absolute atomic E-state index is 11.0. The lowest BCUT2D eigenvalue weighted by Gasteiger charge is -2.01. The van der Waals surface area contributed by atoms with Gasteiger partial charge in [0.1, 0.15) is 6.29 Å². The van der Waals surface area contributed by atoms with Crippen molar-refractivity contribution >= 4 is 23.6 Å². The van der Waals surface area contributed by atoms with Gasteiger partial charge >= 0.3 is 0 Å². The zero-order valence-corrected chi connectivity index (χ0v) is 7.67. The van der Waals surface area contributed by atoms with Gasteiger partial charge in [-0.1, -0.05) is 6.07 Å². The van der Waals surface area contributed by atoms with E-state index in [0.29, 0.717) is 12.0 Å². The fourth-order valence-corrected chi connectivity index (χ4v) is 0.985. The third-order valence-corrected chi connectivity index (χ3v) is 1.61. The van der Waals surface area contributed by atoms with Crippen LogP contribution < -0.4 is 5.32 Å². The number of nitrogens with zero attached hydrogens (tertiary/aromatic N) is 1. The van der Waals surface area contributed by atoms with Crippen LogP contribution in [0.3, 0.4) is 0 Å². The molecule has 1 rings (SSSR count). The third-order valence-electron chi connectivity index (χ3n) is 1.61. The minimum absolute atomic E-state index is 0.112. The van der Waals surface area contributed by atoms with Crippen LogP contribution in [0.15, 0.2) is 24.3 Å². The number of rotatable bonds is 4.